The first-order chi connectivity index (χ1) is 13.6. The normalized spacial score (nSPS) is 11.9. The minimum atomic E-state index is 0.517. The van der Waals surface area contributed by atoms with Gasteiger partial charge in [-0.25, -0.2) is 0 Å². The average molecular weight is 367 g/mol. The molecule has 0 radical (unpaired) electrons. The van der Waals surface area contributed by atoms with Crippen molar-refractivity contribution in [3.63, 3.8) is 0 Å². The first-order valence-electron chi connectivity index (χ1n) is 10.2. The Balaban J connectivity index is 1.91. The molecule has 0 aliphatic carbocycles. The maximum Gasteiger partial charge on any atom is -0.0184 e. The molecule has 0 aliphatic heterocycles. The second-order valence-corrected chi connectivity index (χ2v) is 7.86. The Hall–Kier alpha value is -2.86. The van der Waals surface area contributed by atoms with Gasteiger partial charge in [0, 0.05) is 0 Å². The fraction of sp³-hybridized carbons (Fsp3) is 0.214. The van der Waals surface area contributed by atoms with Crippen LogP contribution in [0.3, 0.4) is 0 Å². The summed E-state index contributed by atoms with van der Waals surface area (Å²) >= 11 is 0. The Morgan fingerprint density at radius 3 is 1.07 bits per heavy atom. The molecule has 0 saturated heterocycles. The zero-order valence-electron chi connectivity index (χ0n) is 17.4. The lowest BCUT2D eigenvalue weighted by Crippen LogP contribution is -1.91. The highest BCUT2D eigenvalue weighted by atomic mass is 14.1. The molecule has 0 atom stereocenters. The van der Waals surface area contributed by atoms with Crippen molar-refractivity contribution in [3.8, 4) is 0 Å². The summed E-state index contributed by atoms with van der Waals surface area (Å²) in [6, 6.07) is 25.9. The van der Waals surface area contributed by atoms with E-state index in [2.05, 4.69) is 125 Å². The molecule has 28 heavy (non-hydrogen) atoms. The SMILES string of the molecule is CC(C)c1ccccc1/C=C/c1ccccc1/C=C/c1ccccc1C(C)C. The average Bonchev–Trinajstić information content (AvgIpc) is 2.71. The van der Waals surface area contributed by atoms with Gasteiger partial charge in [-0.1, -0.05) is 125 Å². The molecule has 0 heterocycles. The van der Waals surface area contributed by atoms with Crippen LogP contribution >= 0.6 is 0 Å². The summed E-state index contributed by atoms with van der Waals surface area (Å²) in [5, 5.41) is 0. The molecular weight excluding hydrogens is 336 g/mol. The predicted octanol–water partition coefficient (Wildman–Crippen LogP) is 8.27. The van der Waals surface area contributed by atoms with Crippen molar-refractivity contribution in [2.75, 3.05) is 0 Å². The third-order valence-electron chi connectivity index (χ3n) is 5.12. The molecule has 0 amide bonds. The van der Waals surface area contributed by atoms with E-state index in [0.29, 0.717) is 11.8 Å². The molecule has 0 saturated carbocycles. The van der Waals surface area contributed by atoms with Crippen LogP contribution in [-0.4, -0.2) is 0 Å². The van der Waals surface area contributed by atoms with E-state index < -0.39 is 0 Å². The second kappa shape index (κ2) is 9.37. The zero-order valence-corrected chi connectivity index (χ0v) is 17.4. The Labute approximate surface area is 170 Å². The van der Waals surface area contributed by atoms with Crippen molar-refractivity contribution in [3.05, 3.63) is 106 Å². The van der Waals surface area contributed by atoms with Crippen LogP contribution in [-0.2, 0) is 0 Å². The highest BCUT2D eigenvalue weighted by Crippen LogP contribution is 2.24. The summed E-state index contributed by atoms with van der Waals surface area (Å²) in [5.41, 5.74) is 7.83. The van der Waals surface area contributed by atoms with Crippen LogP contribution in [0, 0.1) is 0 Å². The van der Waals surface area contributed by atoms with Crippen molar-refractivity contribution in [2.45, 2.75) is 39.5 Å². The molecule has 3 rings (SSSR count). The third-order valence-corrected chi connectivity index (χ3v) is 5.12. The van der Waals surface area contributed by atoms with Gasteiger partial charge in [0.2, 0.25) is 0 Å². The molecular formula is C28H30. The largest absolute Gasteiger partial charge is 0.0619 e. The fourth-order valence-electron chi connectivity index (χ4n) is 3.55. The fourth-order valence-corrected chi connectivity index (χ4v) is 3.55. The first-order valence-corrected chi connectivity index (χ1v) is 10.2. The van der Waals surface area contributed by atoms with Gasteiger partial charge in [-0.05, 0) is 45.2 Å². The highest BCUT2D eigenvalue weighted by molar-refractivity contribution is 5.80. The van der Waals surface area contributed by atoms with Crippen LogP contribution in [0.15, 0.2) is 72.8 Å². The molecule has 142 valence electrons. The molecule has 0 aliphatic rings. The van der Waals surface area contributed by atoms with Gasteiger partial charge in [-0.15, -0.1) is 0 Å². The molecule has 0 aromatic heterocycles. The standard InChI is InChI=1S/C28H30/c1-21(2)27-15-9-7-13-25(27)19-17-23-11-5-6-12-24(23)18-20-26-14-8-10-16-28(26)22(3)4/h5-22H,1-4H3/b19-17+,20-18+. The monoisotopic (exact) mass is 366 g/mol. The Bertz CT molecular complexity index is 890. The second-order valence-electron chi connectivity index (χ2n) is 7.86. The van der Waals surface area contributed by atoms with E-state index in [-0.39, 0.29) is 0 Å². The lowest BCUT2D eigenvalue weighted by molar-refractivity contribution is 0.864. The Kier molecular flexibility index (Phi) is 6.66. The Morgan fingerprint density at radius 1 is 0.429 bits per heavy atom. The lowest BCUT2D eigenvalue weighted by atomic mass is 9.95. The molecule has 0 unspecified atom stereocenters. The van der Waals surface area contributed by atoms with Crippen molar-refractivity contribution < 1.29 is 0 Å². The lowest BCUT2D eigenvalue weighted by Gasteiger charge is -2.10. The quantitative estimate of drug-likeness (QED) is 0.385. The smallest absolute Gasteiger partial charge is 0.0184 e. The van der Waals surface area contributed by atoms with Gasteiger partial charge in [-0.2, -0.15) is 0 Å². The van der Waals surface area contributed by atoms with Gasteiger partial charge in [0.15, 0.2) is 0 Å². The van der Waals surface area contributed by atoms with Crippen molar-refractivity contribution in [1.29, 1.82) is 0 Å². The number of hydrogen-bond donors (Lipinski definition) is 0. The van der Waals surface area contributed by atoms with Crippen LogP contribution in [0.5, 0.6) is 0 Å². The zero-order chi connectivity index (χ0) is 19.9. The van der Waals surface area contributed by atoms with Crippen LogP contribution in [0.4, 0.5) is 0 Å². The van der Waals surface area contributed by atoms with E-state index in [0.717, 1.165) is 0 Å². The molecule has 0 fully saturated rings. The molecule has 0 spiro atoms. The number of benzene rings is 3. The van der Waals surface area contributed by atoms with Gasteiger partial charge >= 0.3 is 0 Å². The third kappa shape index (κ3) is 4.89. The van der Waals surface area contributed by atoms with Crippen LogP contribution in [0.1, 0.15) is 72.9 Å². The van der Waals surface area contributed by atoms with Crippen molar-refractivity contribution >= 4 is 24.3 Å². The van der Waals surface area contributed by atoms with Gasteiger partial charge in [0.05, 0.1) is 0 Å². The summed E-state index contributed by atoms with van der Waals surface area (Å²) in [6.07, 6.45) is 8.94. The van der Waals surface area contributed by atoms with E-state index in [4.69, 9.17) is 0 Å². The minimum Gasteiger partial charge on any atom is -0.0619 e. The summed E-state index contributed by atoms with van der Waals surface area (Å²) in [5.74, 6) is 1.03. The maximum absolute atomic E-state index is 2.25. The van der Waals surface area contributed by atoms with Crippen molar-refractivity contribution in [2.24, 2.45) is 0 Å². The maximum atomic E-state index is 2.25. The van der Waals surface area contributed by atoms with E-state index in [1.807, 2.05) is 0 Å². The summed E-state index contributed by atoms with van der Waals surface area (Å²) < 4.78 is 0. The molecule has 0 heteroatoms. The van der Waals surface area contributed by atoms with E-state index >= 15 is 0 Å². The topological polar surface area (TPSA) is 0 Å². The Morgan fingerprint density at radius 2 is 0.714 bits per heavy atom. The van der Waals surface area contributed by atoms with E-state index in [1.165, 1.54) is 33.4 Å². The van der Waals surface area contributed by atoms with Crippen molar-refractivity contribution in [1.82, 2.24) is 0 Å². The van der Waals surface area contributed by atoms with Gasteiger partial charge in [-0.3, -0.25) is 0 Å². The summed E-state index contributed by atoms with van der Waals surface area (Å²) in [4.78, 5) is 0. The highest BCUT2D eigenvalue weighted by Gasteiger charge is 2.04. The summed E-state index contributed by atoms with van der Waals surface area (Å²) in [7, 11) is 0. The number of hydrogen-bond acceptors (Lipinski definition) is 0. The van der Waals surface area contributed by atoms with Crippen LogP contribution < -0.4 is 0 Å². The number of rotatable bonds is 6. The van der Waals surface area contributed by atoms with Gasteiger partial charge in [0.25, 0.3) is 0 Å². The van der Waals surface area contributed by atoms with E-state index in [9.17, 15) is 0 Å². The predicted molar refractivity (Wildman–Crippen MR) is 125 cm³/mol. The van der Waals surface area contributed by atoms with Gasteiger partial charge in [0.1, 0.15) is 0 Å². The minimum absolute atomic E-state index is 0.517. The molecule has 0 N–H and O–H groups in total. The molecule has 3 aromatic rings. The molecule has 0 nitrogen and oxygen atoms in total. The van der Waals surface area contributed by atoms with E-state index in [1.54, 1.807) is 0 Å². The summed E-state index contributed by atoms with van der Waals surface area (Å²) in [6.45, 7) is 8.98. The molecule has 0 bridgehead atoms. The van der Waals surface area contributed by atoms with Gasteiger partial charge < -0.3 is 0 Å². The molecule has 3 aromatic carbocycles. The van der Waals surface area contributed by atoms with Crippen LogP contribution in [0.25, 0.3) is 24.3 Å². The van der Waals surface area contributed by atoms with Crippen LogP contribution in [0.2, 0.25) is 0 Å². The first kappa shape index (κ1) is 19.9.